The van der Waals surface area contributed by atoms with E-state index in [1.54, 1.807) is 0 Å². The topological polar surface area (TPSA) is 26.3 Å². The summed E-state index contributed by atoms with van der Waals surface area (Å²) in [6.45, 7) is 10.0. The zero-order valence-electron chi connectivity index (χ0n) is 10.7. The van der Waals surface area contributed by atoms with Gasteiger partial charge < -0.3 is 4.74 Å². The molecule has 2 unspecified atom stereocenters. The molecule has 1 aliphatic rings. The molecule has 2 atom stereocenters. The van der Waals surface area contributed by atoms with Crippen molar-refractivity contribution in [1.82, 2.24) is 0 Å². The maximum Gasteiger partial charge on any atom is 0.312 e. The highest BCUT2D eigenvalue weighted by Gasteiger charge is 2.57. The van der Waals surface area contributed by atoms with Crippen LogP contribution in [-0.2, 0) is 9.53 Å². The Morgan fingerprint density at radius 2 is 2.07 bits per heavy atom. The van der Waals surface area contributed by atoms with Crippen molar-refractivity contribution in [3.63, 3.8) is 0 Å². The van der Waals surface area contributed by atoms with Gasteiger partial charge in [-0.25, -0.2) is 0 Å². The molecule has 1 aliphatic carbocycles. The van der Waals surface area contributed by atoms with Crippen molar-refractivity contribution in [3.05, 3.63) is 0 Å². The van der Waals surface area contributed by atoms with Gasteiger partial charge in [-0.3, -0.25) is 4.79 Å². The van der Waals surface area contributed by atoms with E-state index in [4.69, 9.17) is 4.74 Å². The van der Waals surface area contributed by atoms with E-state index < -0.39 is 0 Å². The van der Waals surface area contributed by atoms with E-state index in [0.717, 1.165) is 6.42 Å². The summed E-state index contributed by atoms with van der Waals surface area (Å²) in [5, 5.41) is 0. The number of hydrogen-bond acceptors (Lipinski definition) is 2. The highest BCUT2D eigenvalue weighted by atomic mass is 16.6. The van der Waals surface area contributed by atoms with E-state index in [1.165, 1.54) is 19.3 Å². The highest BCUT2D eigenvalue weighted by Crippen LogP contribution is 2.56. The molecule has 2 nitrogen and oxygen atoms in total. The van der Waals surface area contributed by atoms with Gasteiger partial charge in [-0.15, -0.1) is 0 Å². The summed E-state index contributed by atoms with van der Waals surface area (Å²) >= 11 is 0. The number of carbonyl (C=O) groups excluding carboxylic acids is 1. The standard InChI is InChI=1S/C13H24O2/c1-6-7-8-10-9-13(10,5)11(14)15-12(2,3)4/h10H,6-9H2,1-5H3. The minimum absolute atomic E-state index is 0.00361. The maximum atomic E-state index is 11.9. The van der Waals surface area contributed by atoms with Crippen molar-refractivity contribution in [2.45, 2.75) is 65.9 Å². The fourth-order valence-electron chi connectivity index (χ4n) is 1.97. The minimum atomic E-state index is -0.349. The third-order valence-corrected chi connectivity index (χ3v) is 3.18. The van der Waals surface area contributed by atoms with Crippen LogP contribution in [0.2, 0.25) is 0 Å². The van der Waals surface area contributed by atoms with Crippen molar-refractivity contribution < 1.29 is 9.53 Å². The Morgan fingerprint density at radius 3 is 2.53 bits per heavy atom. The molecule has 0 saturated heterocycles. The van der Waals surface area contributed by atoms with Crippen LogP contribution in [0.1, 0.15) is 60.3 Å². The summed E-state index contributed by atoms with van der Waals surface area (Å²) in [4.78, 5) is 11.9. The van der Waals surface area contributed by atoms with Gasteiger partial charge in [0.1, 0.15) is 5.60 Å². The zero-order chi connectivity index (χ0) is 11.7. The lowest BCUT2D eigenvalue weighted by molar-refractivity contribution is -0.161. The molecule has 0 spiro atoms. The zero-order valence-corrected chi connectivity index (χ0v) is 10.7. The lowest BCUT2D eigenvalue weighted by Crippen LogP contribution is -2.29. The summed E-state index contributed by atoms with van der Waals surface area (Å²) in [6.07, 6.45) is 4.62. The first-order chi connectivity index (χ1) is 6.79. The molecule has 0 radical (unpaired) electrons. The molecule has 0 aromatic rings. The van der Waals surface area contributed by atoms with Gasteiger partial charge in [0.25, 0.3) is 0 Å². The molecule has 1 fully saturated rings. The summed E-state index contributed by atoms with van der Waals surface area (Å²) < 4.78 is 5.44. The van der Waals surface area contributed by atoms with Crippen LogP contribution in [0.25, 0.3) is 0 Å². The number of ether oxygens (including phenoxy) is 1. The first kappa shape index (κ1) is 12.5. The molecule has 0 amide bonds. The molecule has 0 aromatic heterocycles. The van der Waals surface area contributed by atoms with E-state index >= 15 is 0 Å². The van der Waals surface area contributed by atoms with Gasteiger partial charge in [0.2, 0.25) is 0 Å². The van der Waals surface area contributed by atoms with Crippen molar-refractivity contribution in [2.24, 2.45) is 11.3 Å². The monoisotopic (exact) mass is 212 g/mol. The molecule has 1 rings (SSSR count). The molecular formula is C13H24O2. The Hall–Kier alpha value is -0.530. The van der Waals surface area contributed by atoms with Crippen molar-refractivity contribution in [1.29, 1.82) is 0 Å². The molecule has 15 heavy (non-hydrogen) atoms. The first-order valence-corrected chi connectivity index (χ1v) is 6.03. The van der Waals surface area contributed by atoms with Crippen LogP contribution < -0.4 is 0 Å². The van der Waals surface area contributed by atoms with Crippen molar-refractivity contribution in [2.75, 3.05) is 0 Å². The second kappa shape index (κ2) is 4.15. The van der Waals surface area contributed by atoms with E-state index in [-0.39, 0.29) is 17.0 Å². The van der Waals surface area contributed by atoms with E-state index in [1.807, 2.05) is 27.7 Å². The molecule has 0 heterocycles. The average Bonchev–Trinajstić information content (AvgIpc) is 2.72. The van der Waals surface area contributed by atoms with Crippen LogP contribution in [0, 0.1) is 11.3 Å². The number of hydrogen-bond donors (Lipinski definition) is 0. The second-order valence-corrected chi connectivity index (χ2v) is 5.96. The van der Waals surface area contributed by atoms with Crippen molar-refractivity contribution >= 4 is 5.97 Å². The van der Waals surface area contributed by atoms with E-state index in [9.17, 15) is 4.79 Å². The summed E-state index contributed by atoms with van der Waals surface area (Å²) in [5.41, 5.74) is -0.527. The Bertz CT molecular complexity index is 239. The van der Waals surface area contributed by atoms with E-state index in [2.05, 4.69) is 6.92 Å². The maximum absolute atomic E-state index is 11.9. The van der Waals surface area contributed by atoms with Crippen LogP contribution in [0.3, 0.4) is 0 Å². The molecule has 88 valence electrons. The normalized spacial score (nSPS) is 30.1. The van der Waals surface area contributed by atoms with E-state index in [0.29, 0.717) is 5.92 Å². The van der Waals surface area contributed by atoms with Crippen LogP contribution in [0.5, 0.6) is 0 Å². The Morgan fingerprint density at radius 1 is 1.47 bits per heavy atom. The molecular weight excluding hydrogens is 188 g/mol. The van der Waals surface area contributed by atoms with Gasteiger partial charge in [-0.2, -0.15) is 0 Å². The SMILES string of the molecule is CCCCC1CC1(C)C(=O)OC(C)(C)C. The average molecular weight is 212 g/mol. The van der Waals surface area contributed by atoms with Gasteiger partial charge in [0.15, 0.2) is 0 Å². The van der Waals surface area contributed by atoms with Crippen LogP contribution >= 0.6 is 0 Å². The lowest BCUT2D eigenvalue weighted by atomic mass is 10.0. The Labute approximate surface area is 93.4 Å². The number of unbranched alkanes of at least 4 members (excludes halogenated alkanes) is 1. The predicted molar refractivity (Wildman–Crippen MR) is 61.6 cm³/mol. The number of carbonyl (C=O) groups is 1. The molecule has 0 bridgehead atoms. The first-order valence-electron chi connectivity index (χ1n) is 6.03. The Balaban J connectivity index is 2.42. The molecule has 0 N–H and O–H groups in total. The summed E-state index contributed by atoms with van der Waals surface area (Å²) in [5.74, 6) is 0.559. The summed E-state index contributed by atoms with van der Waals surface area (Å²) in [7, 11) is 0. The molecule has 0 aliphatic heterocycles. The minimum Gasteiger partial charge on any atom is -0.460 e. The van der Waals surface area contributed by atoms with Gasteiger partial charge in [-0.05, 0) is 46.5 Å². The number of esters is 1. The fraction of sp³-hybridized carbons (Fsp3) is 0.923. The van der Waals surface area contributed by atoms with Crippen LogP contribution in [0.4, 0.5) is 0 Å². The lowest BCUT2D eigenvalue weighted by Gasteiger charge is -2.22. The third kappa shape index (κ3) is 3.22. The second-order valence-electron chi connectivity index (χ2n) is 5.96. The highest BCUT2D eigenvalue weighted by molar-refractivity contribution is 5.80. The summed E-state index contributed by atoms with van der Waals surface area (Å²) in [6, 6.07) is 0. The van der Waals surface area contributed by atoms with Crippen LogP contribution in [0.15, 0.2) is 0 Å². The predicted octanol–water partition coefficient (Wildman–Crippen LogP) is 3.54. The van der Waals surface area contributed by atoms with Crippen molar-refractivity contribution in [3.8, 4) is 0 Å². The van der Waals surface area contributed by atoms with Gasteiger partial charge in [-0.1, -0.05) is 19.8 Å². The largest absolute Gasteiger partial charge is 0.460 e. The fourth-order valence-corrected chi connectivity index (χ4v) is 1.97. The molecule has 0 aromatic carbocycles. The molecule has 2 heteroatoms. The van der Waals surface area contributed by atoms with Gasteiger partial charge in [0.05, 0.1) is 5.41 Å². The van der Waals surface area contributed by atoms with Crippen LogP contribution in [-0.4, -0.2) is 11.6 Å². The quantitative estimate of drug-likeness (QED) is 0.666. The smallest absolute Gasteiger partial charge is 0.312 e. The number of rotatable bonds is 4. The molecule has 1 saturated carbocycles. The third-order valence-electron chi connectivity index (χ3n) is 3.18. The van der Waals surface area contributed by atoms with Gasteiger partial charge in [0, 0.05) is 0 Å². The van der Waals surface area contributed by atoms with Gasteiger partial charge >= 0.3 is 5.97 Å². The Kier molecular flexibility index (Phi) is 3.47.